The Kier molecular flexibility index (Phi) is 3.89. The van der Waals surface area contributed by atoms with Gasteiger partial charge in [-0.1, -0.05) is 13.0 Å². The highest BCUT2D eigenvalue weighted by Gasteiger charge is 2.23. The Morgan fingerprint density at radius 1 is 1.35 bits per heavy atom. The number of anilines is 1. The number of carbonyl (C=O) groups excluding carboxylic acids is 1. The van der Waals surface area contributed by atoms with Gasteiger partial charge in [-0.2, -0.15) is 0 Å². The third kappa shape index (κ3) is 2.64. The average molecular weight is 275 g/mol. The van der Waals surface area contributed by atoms with Crippen LogP contribution in [-0.4, -0.2) is 43.6 Å². The molecule has 2 aliphatic heterocycles. The van der Waals surface area contributed by atoms with E-state index in [9.17, 15) is 4.79 Å². The highest BCUT2D eigenvalue weighted by Crippen LogP contribution is 2.33. The van der Waals surface area contributed by atoms with Gasteiger partial charge in [0, 0.05) is 32.2 Å². The highest BCUT2D eigenvalue weighted by molar-refractivity contribution is 5.95. The molecule has 0 bridgehead atoms. The monoisotopic (exact) mass is 275 g/mol. The Hall–Kier alpha value is -1.59. The first-order valence-electron chi connectivity index (χ1n) is 7.29. The van der Waals surface area contributed by atoms with E-state index < -0.39 is 0 Å². The van der Waals surface area contributed by atoms with Crippen LogP contribution in [0, 0.1) is 0 Å². The van der Waals surface area contributed by atoms with Gasteiger partial charge in [0.15, 0.2) is 6.61 Å². The van der Waals surface area contributed by atoms with Gasteiger partial charge in [-0.25, -0.2) is 0 Å². The fraction of sp³-hybridized carbons (Fsp3) is 0.533. The third-order valence-corrected chi connectivity index (χ3v) is 4.00. The van der Waals surface area contributed by atoms with E-state index in [4.69, 9.17) is 4.74 Å². The molecule has 1 amide bonds. The standard InChI is InChI=1S/C15H21N3O2/c1-2-13(18-7-5-16-6-8-18)11-3-4-14-12(9-11)17-15(19)10-20-14/h3-4,9,13,16H,2,5-8,10H2,1H3,(H,17,19). The number of amides is 1. The average Bonchev–Trinajstić information content (AvgIpc) is 2.49. The number of nitrogens with one attached hydrogen (secondary N) is 2. The summed E-state index contributed by atoms with van der Waals surface area (Å²) in [6.45, 7) is 6.54. The summed E-state index contributed by atoms with van der Waals surface area (Å²) in [5.41, 5.74) is 2.05. The number of piperazine rings is 1. The topological polar surface area (TPSA) is 53.6 Å². The normalized spacial score (nSPS) is 20.8. The Morgan fingerprint density at radius 2 is 2.15 bits per heavy atom. The van der Waals surface area contributed by atoms with Crippen LogP contribution < -0.4 is 15.4 Å². The summed E-state index contributed by atoms with van der Waals surface area (Å²) >= 11 is 0. The summed E-state index contributed by atoms with van der Waals surface area (Å²) < 4.78 is 5.41. The zero-order valence-corrected chi connectivity index (χ0v) is 11.8. The molecule has 5 heteroatoms. The van der Waals surface area contributed by atoms with Crippen molar-refractivity contribution in [3.8, 4) is 5.75 Å². The molecule has 2 N–H and O–H groups in total. The number of benzene rings is 1. The van der Waals surface area contributed by atoms with Crippen molar-refractivity contribution >= 4 is 11.6 Å². The Labute approximate surface area is 119 Å². The van der Waals surface area contributed by atoms with Crippen LogP contribution in [0.25, 0.3) is 0 Å². The molecule has 0 spiro atoms. The summed E-state index contributed by atoms with van der Waals surface area (Å²) in [5, 5.41) is 6.27. The van der Waals surface area contributed by atoms with Gasteiger partial charge in [-0.15, -0.1) is 0 Å². The summed E-state index contributed by atoms with van der Waals surface area (Å²) in [5.74, 6) is 0.688. The first-order chi connectivity index (χ1) is 9.78. The van der Waals surface area contributed by atoms with Crippen LogP contribution in [0.3, 0.4) is 0 Å². The van der Waals surface area contributed by atoms with E-state index in [0.29, 0.717) is 6.04 Å². The van der Waals surface area contributed by atoms with Crippen molar-refractivity contribution in [2.75, 3.05) is 38.1 Å². The van der Waals surface area contributed by atoms with Crippen molar-refractivity contribution in [2.24, 2.45) is 0 Å². The van der Waals surface area contributed by atoms with Crippen LogP contribution in [0.1, 0.15) is 24.9 Å². The lowest BCUT2D eigenvalue weighted by atomic mass is 10.0. The smallest absolute Gasteiger partial charge is 0.262 e. The van der Waals surface area contributed by atoms with Crippen molar-refractivity contribution in [3.63, 3.8) is 0 Å². The molecular weight excluding hydrogens is 254 g/mol. The van der Waals surface area contributed by atoms with E-state index in [0.717, 1.165) is 44.0 Å². The minimum Gasteiger partial charge on any atom is -0.482 e. The van der Waals surface area contributed by atoms with Crippen LogP contribution in [0.15, 0.2) is 18.2 Å². The molecule has 0 saturated carbocycles. The maximum Gasteiger partial charge on any atom is 0.262 e. The largest absolute Gasteiger partial charge is 0.482 e. The minimum atomic E-state index is -0.0788. The SMILES string of the molecule is CCC(c1ccc2c(c1)NC(=O)CO2)N1CCNCC1. The number of hydrogen-bond acceptors (Lipinski definition) is 4. The molecule has 1 aromatic carbocycles. The van der Waals surface area contributed by atoms with Gasteiger partial charge >= 0.3 is 0 Å². The highest BCUT2D eigenvalue weighted by atomic mass is 16.5. The third-order valence-electron chi connectivity index (χ3n) is 4.00. The number of rotatable bonds is 3. The molecule has 20 heavy (non-hydrogen) atoms. The van der Waals surface area contributed by atoms with Gasteiger partial charge in [0.1, 0.15) is 5.75 Å². The predicted molar refractivity (Wildman–Crippen MR) is 78.0 cm³/mol. The Morgan fingerprint density at radius 3 is 2.90 bits per heavy atom. The molecule has 1 aromatic rings. The zero-order chi connectivity index (χ0) is 13.9. The van der Waals surface area contributed by atoms with Crippen molar-refractivity contribution < 1.29 is 9.53 Å². The van der Waals surface area contributed by atoms with Crippen LogP contribution in [-0.2, 0) is 4.79 Å². The molecule has 0 aliphatic carbocycles. The molecule has 3 rings (SSSR count). The summed E-state index contributed by atoms with van der Waals surface area (Å²) in [6.07, 6.45) is 1.06. The first-order valence-corrected chi connectivity index (χ1v) is 7.29. The lowest BCUT2D eigenvalue weighted by molar-refractivity contribution is -0.118. The Bertz CT molecular complexity index is 498. The van der Waals surface area contributed by atoms with Crippen LogP contribution >= 0.6 is 0 Å². The fourth-order valence-corrected chi connectivity index (χ4v) is 3.01. The van der Waals surface area contributed by atoms with Gasteiger partial charge in [0.25, 0.3) is 5.91 Å². The molecule has 1 unspecified atom stereocenters. The van der Waals surface area contributed by atoms with Gasteiger partial charge in [0.05, 0.1) is 5.69 Å². The molecule has 0 aromatic heterocycles. The van der Waals surface area contributed by atoms with Crippen molar-refractivity contribution in [2.45, 2.75) is 19.4 Å². The van der Waals surface area contributed by atoms with E-state index in [1.165, 1.54) is 5.56 Å². The van der Waals surface area contributed by atoms with Gasteiger partial charge < -0.3 is 15.4 Å². The maximum atomic E-state index is 11.4. The molecular formula is C15H21N3O2. The Balaban J connectivity index is 1.84. The van der Waals surface area contributed by atoms with Gasteiger partial charge in [0.2, 0.25) is 0 Å². The van der Waals surface area contributed by atoms with Crippen molar-refractivity contribution in [3.05, 3.63) is 23.8 Å². The molecule has 0 radical (unpaired) electrons. The molecule has 108 valence electrons. The number of carbonyl (C=O) groups is 1. The fourth-order valence-electron chi connectivity index (χ4n) is 3.01. The second kappa shape index (κ2) is 5.81. The first kappa shape index (κ1) is 13.4. The van der Waals surface area contributed by atoms with E-state index in [2.05, 4.69) is 34.6 Å². The number of fused-ring (bicyclic) bond motifs is 1. The molecule has 2 aliphatic rings. The summed E-state index contributed by atoms with van der Waals surface area (Å²) in [6, 6.07) is 6.55. The second-order valence-corrected chi connectivity index (χ2v) is 5.30. The van der Waals surface area contributed by atoms with Gasteiger partial charge in [-0.3, -0.25) is 9.69 Å². The van der Waals surface area contributed by atoms with Crippen LogP contribution in [0.2, 0.25) is 0 Å². The predicted octanol–water partition coefficient (Wildman–Crippen LogP) is 1.37. The van der Waals surface area contributed by atoms with Crippen molar-refractivity contribution in [1.29, 1.82) is 0 Å². The second-order valence-electron chi connectivity index (χ2n) is 5.30. The molecule has 2 heterocycles. The van der Waals surface area contributed by atoms with Gasteiger partial charge in [-0.05, 0) is 24.1 Å². The number of ether oxygens (including phenoxy) is 1. The van der Waals surface area contributed by atoms with E-state index in [1.54, 1.807) is 0 Å². The lowest BCUT2D eigenvalue weighted by Gasteiger charge is -2.35. The molecule has 1 saturated heterocycles. The van der Waals surface area contributed by atoms with E-state index in [1.807, 2.05) is 6.07 Å². The van der Waals surface area contributed by atoms with Crippen LogP contribution in [0.4, 0.5) is 5.69 Å². The molecule has 1 atom stereocenters. The number of hydrogen-bond donors (Lipinski definition) is 2. The minimum absolute atomic E-state index is 0.0788. The van der Waals surface area contributed by atoms with Crippen molar-refractivity contribution in [1.82, 2.24) is 10.2 Å². The number of nitrogens with zero attached hydrogens (tertiary/aromatic N) is 1. The van der Waals surface area contributed by atoms with E-state index >= 15 is 0 Å². The zero-order valence-electron chi connectivity index (χ0n) is 11.8. The summed E-state index contributed by atoms with van der Waals surface area (Å²) in [4.78, 5) is 13.9. The summed E-state index contributed by atoms with van der Waals surface area (Å²) in [7, 11) is 0. The molecule has 5 nitrogen and oxygen atoms in total. The maximum absolute atomic E-state index is 11.4. The lowest BCUT2D eigenvalue weighted by Crippen LogP contribution is -2.45. The van der Waals surface area contributed by atoms with Crippen LogP contribution in [0.5, 0.6) is 5.75 Å². The van der Waals surface area contributed by atoms with E-state index in [-0.39, 0.29) is 12.5 Å². The quantitative estimate of drug-likeness (QED) is 0.875. The molecule has 1 fully saturated rings.